The highest BCUT2D eigenvalue weighted by atomic mass is 35.5. The van der Waals surface area contributed by atoms with Crippen LogP contribution in [0.3, 0.4) is 0 Å². The highest BCUT2D eigenvalue weighted by Crippen LogP contribution is 2.32. The molecule has 0 aliphatic rings. The van der Waals surface area contributed by atoms with Gasteiger partial charge in [0.05, 0.1) is 23.0 Å². The minimum atomic E-state index is -4.37. The molecule has 0 saturated heterocycles. The van der Waals surface area contributed by atoms with Gasteiger partial charge < -0.3 is 5.73 Å². The van der Waals surface area contributed by atoms with E-state index in [1.165, 1.54) is 12.1 Å². The Morgan fingerprint density at radius 3 is 2.12 bits per heavy atom. The number of nitrogens with two attached hydrogens (primary N) is 1. The Bertz CT molecular complexity index is 821. The lowest BCUT2D eigenvalue weighted by atomic mass is 9.97. The van der Waals surface area contributed by atoms with Gasteiger partial charge >= 0.3 is 6.18 Å². The summed E-state index contributed by atoms with van der Waals surface area (Å²) in [5.41, 5.74) is 8.12. The SMILES string of the molecule is Cl.N[C@@H](c1ccc(C(F)(F)F)cc1)c1ncccc1-c1ccccn1. The fourth-order valence-corrected chi connectivity index (χ4v) is 2.44. The monoisotopic (exact) mass is 365 g/mol. The summed E-state index contributed by atoms with van der Waals surface area (Å²) in [6.07, 6.45) is -1.10. The number of halogens is 4. The van der Waals surface area contributed by atoms with Crippen molar-refractivity contribution in [1.29, 1.82) is 0 Å². The fraction of sp³-hybridized carbons (Fsp3) is 0.111. The van der Waals surface area contributed by atoms with E-state index in [-0.39, 0.29) is 12.4 Å². The van der Waals surface area contributed by atoms with Gasteiger partial charge in [-0.2, -0.15) is 13.2 Å². The van der Waals surface area contributed by atoms with Crippen molar-refractivity contribution >= 4 is 12.4 Å². The van der Waals surface area contributed by atoms with Crippen LogP contribution in [0.5, 0.6) is 0 Å². The summed E-state index contributed by atoms with van der Waals surface area (Å²) in [4.78, 5) is 8.60. The third-order valence-electron chi connectivity index (χ3n) is 3.67. The van der Waals surface area contributed by atoms with E-state index in [1.54, 1.807) is 24.5 Å². The average Bonchev–Trinajstić information content (AvgIpc) is 2.61. The number of nitrogens with zero attached hydrogens (tertiary/aromatic N) is 2. The molecular weight excluding hydrogens is 351 g/mol. The first-order chi connectivity index (χ1) is 11.5. The lowest BCUT2D eigenvalue weighted by Gasteiger charge is -2.16. The Morgan fingerprint density at radius 2 is 1.52 bits per heavy atom. The topological polar surface area (TPSA) is 51.8 Å². The van der Waals surface area contributed by atoms with Crippen LogP contribution in [0.4, 0.5) is 13.2 Å². The van der Waals surface area contributed by atoms with Crippen molar-refractivity contribution < 1.29 is 13.2 Å². The number of benzene rings is 1. The van der Waals surface area contributed by atoms with E-state index in [9.17, 15) is 13.2 Å². The molecule has 0 aliphatic carbocycles. The smallest absolute Gasteiger partial charge is 0.319 e. The molecule has 2 heterocycles. The standard InChI is InChI=1S/C18H14F3N3.ClH/c19-18(20,21)13-8-6-12(7-9-13)16(22)17-14(4-3-11-24-17)15-5-1-2-10-23-15;/h1-11,16H,22H2;1H/t16-;/m0./s1. The number of hydrogen-bond acceptors (Lipinski definition) is 3. The molecule has 0 bridgehead atoms. The summed E-state index contributed by atoms with van der Waals surface area (Å²) < 4.78 is 38.0. The number of rotatable bonds is 3. The van der Waals surface area contributed by atoms with Crippen molar-refractivity contribution in [3.8, 4) is 11.3 Å². The van der Waals surface area contributed by atoms with Gasteiger partial charge in [-0.1, -0.05) is 18.2 Å². The summed E-state index contributed by atoms with van der Waals surface area (Å²) in [6.45, 7) is 0. The van der Waals surface area contributed by atoms with E-state index in [1.807, 2.05) is 18.2 Å². The Labute approximate surface area is 149 Å². The molecule has 1 atom stereocenters. The van der Waals surface area contributed by atoms with Crippen LogP contribution in [0.25, 0.3) is 11.3 Å². The Morgan fingerprint density at radius 1 is 0.840 bits per heavy atom. The van der Waals surface area contributed by atoms with E-state index in [2.05, 4.69) is 9.97 Å². The minimum absolute atomic E-state index is 0. The van der Waals surface area contributed by atoms with Gasteiger partial charge in [0, 0.05) is 18.0 Å². The number of aromatic nitrogens is 2. The molecule has 1 aromatic carbocycles. The lowest BCUT2D eigenvalue weighted by molar-refractivity contribution is -0.137. The molecule has 0 spiro atoms. The van der Waals surface area contributed by atoms with E-state index < -0.39 is 17.8 Å². The average molecular weight is 366 g/mol. The van der Waals surface area contributed by atoms with Gasteiger partial charge in [-0.3, -0.25) is 9.97 Å². The van der Waals surface area contributed by atoms with E-state index in [4.69, 9.17) is 5.73 Å². The minimum Gasteiger partial charge on any atom is -0.319 e. The van der Waals surface area contributed by atoms with Crippen LogP contribution in [0, 0.1) is 0 Å². The summed E-state index contributed by atoms with van der Waals surface area (Å²) in [6, 6.07) is 13.3. The van der Waals surface area contributed by atoms with Crippen LogP contribution in [-0.4, -0.2) is 9.97 Å². The number of pyridine rings is 2. The van der Waals surface area contributed by atoms with Gasteiger partial charge in [-0.25, -0.2) is 0 Å². The van der Waals surface area contributed by atoms with Gasteiger partial charge in [0.15, 0.2) is 0 Å². The number of hydrogen-bond donors (Lipinski definition) is 1. The van der Waals surface area contributed by atoms with Crippen LogP contribution < -0.4 is 5.73 Å². The molecule has 25 heavy (non-hydrogen) atoms. The van der Waals surface area contributed by atoms with Gasteiger partial charge in [-0.15, -0.1) is 12.4 Å². The van der Waals surface area contributed by atoms with Crippen LogP contribution in [0.15, 0.2) is 67.0 Å². The molecule has 0 unspecified atom stereocenters. The van der Waals surface area contributed by atoms with Crippen molar-refractivity contribution in [1.82, 2.24) is 9.97 Å². The molecule has 7 heteroatoms. The molecule has 2 N–H and O–H groups in total. The normalized spacial score (nSPS) is 12.3. The molecule has 3 rings (SSSR count). The zero-order chi connectivity index (χ0) is 17.2. The highest BCUT2D eigenvalue weighted by Gasteiger charge is 2.30. The van der Waals surface area contributed by atoms with E-state index in [0.29, 0.717) is 17.0 Å². The molecule has 0 fully saturated rings. The van der Waals surface area contributed by atoms with Crippen molar-refractivity contribution in [3.05, 3.63) is 83.8 Å². The van der Waals surface area contributed by atoms with Crippen molar-refractivity contribution in [3.63, 3.8) is 0 Å². The molecule has 2 aromatic heterocycles. The summed E-state index contributed by atoms with van der Waals surface area (Å²) in [7, 11) is 0. The molecule has 0 saturated carbocycles. The summed E-state index contributed by atoms with van der Waals surface area (Å²) in [5.74, 6) is 0. The second-order valence-corrected chi connectivity index (χ2v) is 5.25. The largest absolute Gasteiger partial charge is 0.416 e. The molecule has 3 aromatic rings. The van der Waals surface area contributed by atoms with Gasteiger partial charge in [-0.05, 0) is 42.0 Å². The first kappa shape index (κ1) is 18.9. The first-order valence-electron chi connectivity index (χ1n) is 7.26. The van der Waals surface area contributed by atoms with Crippen molar-refractivity contribution in [2.75, 3.05) is 0 Å². The van der Waals surface area contributed by atoms with E-state index in [0.717, 1.165) is 17.7 Å². The van der Waals surface area contributed by atoms with Crippen LogP contribution >= 0.6 is 12.4 Å². The molecule has 0 radical (unpaired) electrons. The second kappa shape index (κ2) is 7.63. The van der Waals surface area contributed by atoms with Crippen molar-refractivity contribution in [2.45, 2.75) is 12.2 Å². The quantitative estimate of drug-likeness (QED) is 0.736. The second-order valence-electron chi connectivity index (χ2n) is 5.25. The van der Waals surface area contributed by atoms with Crippen LogP contribution in [-0.2, 0) is 6.18 Å². The van der Waals surface area contributed by atoms with Crippen LogP contribution in [0.1, 0.15) is 22.9 Å². The zero-order valence-corrected chi connectivity index (χ0v) is 13.8. The maximum absolute atomic E-state index is 12.7. The fourth-order valence-electron chi connectivity index (χ4n) is 2.44. The molecular formula is C18H15ClF3N3. The van der Waals surface area contributed by atoms with Crippen molar-refractivity contribution in [2.24, 2.45) is 5.73 Å². The molecule has 0 aliphatic heterocycles. The maximum atomic E-state index is 12.7. The third-order valence-corrected chi connectivity index (χ3v) is 3.67. The predicted octanol–water partition coefficient (Wildman–Crippen LogP) is 4.63. The van der Waals surface area contributed by atoms with Crippen LogP contribution in [0.2, 0.25) is 0 Å². The predicted molar refractivity (Wildman–Crippen MR) is 92.2 cm³/mol. The zero-order valence-electron chi connectivity index (χ0n) is 12.9. The third kappa shape index (κ3) is 4.15. The Kier molecular flexibility index (Phi) is 5.77. The Hall–Kier alpha value is -2.44. The highest BCUT2D eigenvalue weighted by molar-refractivity contribution is 5.85. The van der Waals surface area contributed by atoms with Gasteiger partial charge in [0.2, 0.25) is 0 Å². The van der Waals surface area contributed by atoms with Gasteiger partial charge in [0.1, 0.15) is 0 Å². The molecule has 0 amide bonds. The molecule has 3 nitrogen and oxygen atoms in total. The van der Waals surface area contributed by atoms with Gasteiger partial charge in [0.25, 0.3) is 0 Å². The lowest BCUT2D eigenvalue weighted by Crippen LogP contribution is -2.15. The Balaban J connectivity index is 0.00000225. The van der Waals surface area contributed by atoms with E-state index >= 15 is 0 Å². The summed E-state index contributed by atoms with van der Waals surface area (Å²) in [5, 5.41) is 0. The summed E-state index contributed by atoms with van der Waals surface area (Å²) >= 11 is 0. The maximum Gasteiger partial charge on any atom is 0.416 e. The first-order valence-corrected chi connectivity index (χ1v) is 7.26. The molecule has 130 valence electrons. The number of alkyl halides is 3.